The van der Waals surface area contributed by atoms with Gasteiger partial charge < -0.3 is 4.74 Å². The zero-order valence-electron chi connectivity index (χ0n) is 26.8. The molecule has 0 fully saturated rings. The number of alkyl halides is 3. The van der Waals surface area contributed by atoms with Crippen molar-refractivity contribution in [1.82, 2.24) is 24.3 Å². The van der Waals surface area contributed by atoms with Crippen LogP contribution in [0.4, 0.5) is 18.9 Å². The second-order valence-electron chi connectivity index (χ2n) is 12.8. The predicted octanol–water partition coefficient (Wildman–Crippen LogP) is 6.75. The highest BCUT2D eigenvalue weighted by Crippen LogP contribution is 2.35. The molecule has 1 aliphatic heterocycles. The summed E-state index contributed by atoms with van der Waals surface area (Å²) in [4.78, 5) is 21.5. The third kappa shape index (κ3) is 7.61. The van der Waals surface area contributed by atoms with Crippen LogP contribution in [0.15, 0.2) is 80.2 Å². The van der Waals surface area contributed by atoms with Gasteiger partial charge in [0.05, 0.1) is 28.5 Å². The van der Waals surface area contributed by atoms with Gasteiger partial charge in [-0.05, 0) is 53.6 Å². The molecule has 7 rings (SSSR count). The molecule has 0 amide bonds. The molecule has 10 nitrogen and oxygen atoms in total. The van der Waals surface area contributed by atoms with E-state index in [1.807, 2.05) is 6.08 Å². The highest BCUT2D eigenvalue weighted by molar-refractivity contribution is 9.10. The lowest BCUT2D eigenvalue weighted by molar-refractivity contribution is -0.140. The quantitative estimate of drug-likeness (QED) is 0.134. The fourth-order valence-electron chi connectivity index (χ4n) is 5.46. The molecular weight excluding hydrogens is 717 g/mol. The first-order valence-corrected chi connectivity index (χ1v) is 19.8. The van der Waals surface area contributed by atoms with E-state index in [2.05, 4.69) is 66.9 Å². The summed E-state index contributed by atoms with van der Waals surface area (Å²) in [5.74, 6) is 0. The molecule has 49 heavy (non-hydrogen) atoms. The van der Waals surface area contributed by atoms with E-state index >= 15 is 0 Å². The number of hydrogen-bond donors (Lipinski definition) is 0. The van der Waals surface area contributed by atoms with Gasteiger partial charge in [0.1, 0.15) is 24.5 Å². The van der Waals surface area contributed by atoms with Crippen molar-refractivity contribution in [2.24, 2.45) is 10.2 Å². The lowest BCUT2D eigenvalue weighted by atomic mass is 10.00. The summed E-state index contributed by atoms with van der Waals surface area (Å²) in [6.45, 7) is 6.01. The van der Waals surface area contributed by atoms with Gasteiger partial charge in [-0.2, -0.15) is 33.8 Å². The van der Waals surface area contributed by atoms with Gasteiger partial charge in [-0.25, -0.2) is 4.68 Å². The number of aromatic nitrogens is 5. The van der Waals surface area contributed by atoms with Crippen molar-refractivity contribution >= 4 is 63.8 Å². The van der Waals surface area contributed by atoms with Gasteiger partial charge in [0.15, 0.2) is 0 Å². The fourth-order valence-corrected chi connectivity index (χ4v) is 6.79. The lowest BCUT2D eigenvalue weighted by Gasteiger charge is -2.15. The molecule has 4 aromatic heterocycles. The van der Waals surface area contributed by atoms with E-state index in [1.165, 1.54) is 10.9 Å². The molecule has 0 unspecified atom stereocenters. The summed E-state index contributed by atoms with van der Waals surface area (Å²) >= 11 is 3.54. The number of halogens is 4. The Labute approximate surface area is 287 Å². The molecule has 0 spiro atoms. The van der Waals surface area contributed by atoms with Crippen molar-refractivity contribution in [2.75, 3.05) is 6.61 Å². The molecule has 1 aliphatic carbocycles. The van der Waals surface area contributed by atoms with Crippen LogP contribution in [0, 0.1) is 11.3 Å². The highest BCUT2D eigenvalue weighted by atomic mass is 79.9. The zero-order valence-corrected chi connectivity index (χ0v) is 29.4. The van der Waals surface area contributed by atoms with Gasteiger partial charge in [-0.3, -0.25) is 19.3 Å². The van der Waals surface area contributed by atoms with Crippen LogP contribution < -0.4 is 16.1 Å². The maximum Gasteiger partial charge on any atom is 0.406 e. The molecule has 2 aliphatic rings. The van der Waals surface area contributed by atoms with E-state index in [1.54, 1.807) is 55.1 Å². The van der Waals surface area contributed by atoms with Crippen LogP contribution >= 0.6 is 15.9 Å². The summed E-state index contributed by atoms with van der Waals surface area (Å²) in [5.41, 5.74) is 3.77. The number of fused-ring (bicyclic) bond motifs is 6. The van der Waals surface area contributed by atoms with Crippen molar-refractivity contribution in [2.45, 2.75) is 51.6 Å². The van der Waals surface area contributed by atoms with Gasteiger partial charge in [-0.1, -0.05) is 35.6 Å². The molecule has 250 valence electrons. The number of ether oxygens (including phenoxy) is 1. The topological polar surface area (TPSA) is 123 Å². The largest absolute Gasteiger partial charge is 0.406 e. The second-order valence-corrected chi connectivity index (χ2v) is 19.3. The Morgan fingerprint density at radius 1 is 1.12 bits per heavy atom. The van der Waals surface area contributed by atoms with E-state index < -0.39 is 26.4 Å². The second kappa shape index (κ2) is 13.6. The highest BCUT2D eigenvalue weighted by Gasteiger charge is 2.30. The molecule has 15 heteroatoms. The fraction of sp³-hybridized carbons (Fsp3) is 0.265. The van der Waals surface area contributed by atoms with Crippen LogP contribution in [0.1, 0.15) is 5.56 Å². The first kappa shape index (κ1) is 34.1. The average Bonchev–Trinajstić information content (AvgIpc) is 3.73. The third-order valence-electron chi connectivity index (χ3n) is 7.94. The molecular formula is C34H30BrF3N8O2Si. The predicted molar refractivity (Wildman–Crippen MR) is 187 cm³/mol. The Morgan fingerprint density at radius 2 is 1.90 bits per heavy atom. The standard InChI is InChI=1S/C23H24BrF3N4O2Si.C11H6N4/c1-34(2,3)9-8-33-14-30-12-18-21(29-30)17-10-19(24)16(15-4-6-28-7-5-15)11-20(17)31(22(18)32)13-23(25,26)27;12-4-7-1-2-10-9(3-7)11-8(5-13-10)6-14-15-11/h4-7,10-12H,8-9,13-14H2,1-3H3;1-2,5-6H,3H2. The van der Waals surface area contributed by atoms with E-state index in [9.17, 15) is 18.0 Å². The minimum absolute atomic E-state index is 0.120. The van der Waals surface area contributed by atoms with Gasteiger partial charge in [0, 0.05) is 72.1 Å². The minimum atomic E-state index is -4.57. The van der Waals surface area contributed by atoms with Crippen molar-refractivity contribution in [3.63, 3.8) is 0 Å². The van der Waals surface area contributed by atoms with Crippen molar-refractivity contribution in [1.29, 1.82) is 5.26 Å². The Hall–Kier alpha value is -4.78. The summed E-state index contributed by atoms with van der Waals surface area (Å²) in [6.07, 6.45) is 7.80. The van der Waals surface area contributed by atoms with Crippen LogP contribution in [0.5, 0.6) is 0 Å². The number of nitrogens with zero attached hydrogens (tertiary/aromatic N) is 8. The first-order chi connectivity index (χ1) is 23.3. The van der Waals surface area contributed by atoms with Crippen LogP contribution in [0.3, 0.4) is 0 Å². The van der Waals surface area contributed by atoms with Crippen molar-refractivity contribution in [3.05, 3.63) is 91.7 Å². The van der Waals surface area contributed by atoms with Crippen LogP contribution in [-0.4, -0.2) is 45.2 Å². The number of azo groups is 1. The molecule has 0 saturated carbocycles. The van der Waals surface area contributed by atoms with Crippen LogP contribution in [0.2, 0.25) is 25.7 Å². The van der Waals surface area contributed by atoms with Gasteiger partial charge in [-0.15, -0.1) is 0 Å². The normalized spacial score (nSPS) is 13.6. The molecule has 5 aromatic rings. The summed E-state index contributed by atoms with van der Waals surface area (Å²) in [7, 11) is -1.27. The smallest absolute Gasteiger partial charge is 0.360 e. The molecule has 0 N–H and O–H groups in total. The average molecular weight is 748 g/mol. The molecule has 0 saturated heterocycles. The monoisotopic (exact) mass is 746 g/mol. The summed E-state index contributed by atoms with van der Waals surface area (Å²) < 4.78 is 49.0. The number of pyridine rings is 3. The Bertz CT molecular complexity index is 2370. The van der Waals surface area contributed by atoms with E-state index in [4.69, 9.17) is 10.00 Å². The van der Waals surface area contributed by atoms with Gasteiger partial charge >= 0.3 is 6.18 Å². The molecule has 1 aromatic carbocycles. The molecule has 0 radical (unpaired) electrons. The number of allylic oxidation sites excluding steroid dienone is 2. The maximum atomic E-state index is 13.4. The number of hydrogen-bond acceptors (Lipinski definition) is 8. The molecule has 0 atom stereocenters. The molecule has 5 heterocycles. The van der Waals surface area contributed by atoms with Crippen molar-refractivity contribution in [3.8, 4) is 17.2 Å². The van der Waals surface area contributed by atoms with Crippen molar-refractivity contribution < 1.29 is 17.9 Å². The SMILES string of the molecule is C[Si](C)(C)CCOCn1cc2c(=O)n(CC(F)(F)F)c3cc(-c4ccncc4)c(Br)cc3c2n1.N#CC1=CC=c2ncc3c(c2C1)N=NC=3. The number of nitriles is 1. The number of rotatable bonds is 7. The Balaban J connectivity index is 0.000000229. The van der Waals surface area contributed by atoms with Crippen LogP contribution in [-0.2, 0) is 24.4 Å². The van der Waals surface area contributed by atoms with E-state index in [-0.39, 0.29) is 17.6 Å². The summed E-state index contributed by atoms with van der Waals surface area (Å²) in [5, 5.41) is 23.6. The maximum absolute atomic E-state index is 13.4. The minimum Gasteiger partial charge on any atom is -0.360 e. The van der Waals surface area contributed by atoms with E-state index in [0.29, 0.717) is 34.0 Å². The van der Waals surface area contributed by atoms with E-state index in [0.717, 1.165) is 43.6 Å². The third-order valence-corrected chi connectivity index (χ3v) is 10.3. The lowest BCUT2D eigenvalue weighted by Crippen LogP contribution is -2.28. The molecule has 0 bridgehead atoms. The first-order valence-electron chi connectivity index (χ1n) is 15.3. The number of benzene rings is 1. The van der Waals surface area contributed by atoms with Gasteiger partial charge in [0.2, 0.25) is 0 Å². The van der Waals surface area contributed by atoms with Crippen LogP contribution in [0.25, 0.3) is 45.2 Å². The zero-order chi connectivity index (χ0) is 34.9. The van der Waals surface area contributed by atoms with Gasteiger partial charge in [0.25, 0.3) is 5.56 Å². The summed E-state index contributed by atoms with van der Waals surface area (Å²) in [6, 6.07) is 9.93. The Kier molecular flexibility index (Phi) is 9.47. The Morgan fingerprint density at radius 3 is 2.61 bits per heavy atom.